The molecule has 5 heteroatoms. The molecule has 0 saturated heterocycles. The molecule has 1 aromatic rings. The highest BCUT2D eigenvalue weighted by Gasteiger charge is 2.01. The average Bonchev–Trinajstić information content (AvgIpc) is 2.51. The fraction of sp³-hybridized carbons (Fsp3) is 0.625. The van der Waals surface area contributed by atoms with Crippen molar-refractivity contribution in [3.8, 4) is 5.75 Å². The third-order valence-electron chi connectivity index (χ3n) is 2.83. The molecule has 0 saturated carbocycles. The second-order valence-corrected chi connectivity index (χ2v) is 4.56. The monoisotopic (exact) mass is 297 g/mol. The molecule has 0 aromatic heterocycles. The fourth-order valence-corrected chi connectivity index (χ4v) is 1.82. The summed E-state index contributed by atoms with van der Waals surface area (Å²) < 4.78 is 21.5. The highest BCUT2D eigenvalue weighted by Crippen LogP contribution is 2.17. The molecule has 0 atom stereocenters. The van der Waals surface area contributed by atoms with Gasteiger partial charge in [-0.05, 0) is 19.5 Å². The Morgan fingerprint density at radius 2 is 1.62 bits per heavy atom. The van der Waals surface area contributed by atoms with Gasteiger partial charge in [-0.15, -0.1) is 0 Å². The van der Waals surface area contributed by atoms with Crippen molar-refractivity contribution in [3.63, 3.8) is 0 Å². The predicted octanol–water partition coefficient (Wildman–Crippen LogP) is 1.85. The highest BCUT2D eigenvalue weighted by atomic mass is 16.5. The Labute approximate surface area is 127 Å². The number of para-hydroxylation sites is 1. The molecule has 0 radical (unpaired) electrons. The number of ether oxygens (including phenoxy) is 4. The van der Waals surface area contributed by atoms with Crippen molar-refractivity contribution in [3.05, 3.63) is 29.8 Å². The van der Waals surface area contributed by atoms with Gasteiger partial charge in [-0.25, -0.2) is 0 Å². The summed E-state index contributed by atoms with van der Waals surface area (Å²) in [5.74, 6) is 0.909. The lowest BCUT2D eigenvalue weighted by atomic mass is 10.2. The molecule has 1 aromatic carbocycles. The number of rotatable bonds is 13. The Balaban J connectivity index is 2.01. The van der Waals surface area contributed by atoms with E-state index in [0.29, 0.717) is 33.0 Å². The third-order valence-corrected chi connectivity index (χ3v) is 2.83. The smallest absolute Gasteiger partial charge is 0.123 e. The van der Waals surface area contributed by atoms with Crippen molar-refractivity contribution in [2.24, 2.45) is 0 Å². The minimum atomic E-state index is 0.546. The van der Waals surface area contributed by atoms with Gasteiger partial charge < -0.3 is 24.3 Å². The molecular formula is C16H27NO4. The molecule has 0 bridgehead atoms. The Hall–Kier alpha value is -1.14. The van der Waals surface area contributed by atoms with Crippen LogP contribution in [-0.4, -0.2) is 53.8 Å². The molecule has 0 amide bonds. The molecule has 5 nitrogen and oxygen atoms in total. The Morgan fingerprint density at radius 1 is 0.905 bits per heavy atom. The van der Waals surface area contributed by atoms with Gasteiger partial charge in [0.2, 0.25) is 0 Å². The zero-order valence-electron chi connectivity index (χ0n) is 13.1. The van der Waals surface area contributed by atoms with Crippen molar-refractivity contribution in [2.45, 2.75) is 13.0 Å². The van der Waals surface area contributed by atoms with Crippen molar-refractivity contribution >= 4 is 0 Å². The molecule has 0 heterocycles. The molecule has 0 fully saturated rings. The molecule has 21 heavy (non-hydrogen) atoms. The van der Waals surface area contributed by atoms with Crippen LogP contribution < -0.4 is 10.1 Å². The molecule has 0 unspecified atom stereocenters. The van der Waals surface area contributed by atoms with E-state index in [9.17, 15) is 0 Å². The lowest BCUT2D eigenvalue weighted by Crippen LogP contribution is -2.13. The predicted molar refractivity (Wildman–Crippen MR) is 82.8 cm³/mol. The van der Waals surface area contributed by atoms with E-state index in [1.807, 2.05) is 25.2 Å². The zero-order valence-corrected chi connectivity index (χ0v) is 13.1. The first-order chi connectivity index (χ1) is 10.4. The number of benzene rings is 1. The summed E-state index contributed by atoms with van der Waals surface area (Å²) in [4.78, 5) is 0. The molecular weight excluding hydrogens is 270 g/mol. The van der Waals surface area contributed by atoms with Crippen LogP contribution in [0.2, 0.25) is 0 Å². The lowest BCUT2D eigenvalue weighted by molar-refractivity contribution is 0.0303. The quantitative estimate of drug-likeness (QED) is 0.563. The van der Waals surface area contributed by atoms with Crippen LogP contribution in [0.1, 0.15) is 12.0 Å². The van der Waals surface area contributed by atoms with E-state index in [-0.39, 0.29) is 0 Å². The maximum absolute atomic E-state index is 5.73. The maximum atomic E-state index is 5.73. The molecule has 0 aliphatic rings. The van der Waals surface area contributed by atoms with E-state index in [1.54, 1.807) is 7.11 Å². The van der Waals surface area contributed by atoms with Crippen LogP contribution in [0.3, 0.4) is 0 Å². The summed E-state index contributed by atoms with van der Waals surface area (Å²) in [5, 5.41) is 3.13. The molecule has 1 rings (SSSR count). The van der Waals surface area contributed by atoms with Crippen LogP contribution in [0.4, 0.5) is 0 Å². The summed E-state index contributed by atoms with van der Waals surface area (Å²) in [6, 6.07) is 8.02. The molecule has 1 N–H and O–H groups in total. The van der Waals surface area contributed by atoms with Crippen LogP contribution in [0.5, 0.6) is 5.75 Å². The Kier molecular flexibility index (Phi) is 10.7. The summed E-state index contributed by atoms with van der Waals surface area (Å²) in [6.07, 6.45) is 0.919. The third kappa shape index (κ3) is 8.67. The van der Waals surface area contributed by atoms with Gasteiger partial charge in [0, 0.05) is 32.4 Å². The van der Waals surface area contributed by atoms with E-state index in [0.717, 1.165) is 30.9 Å². The summed E-state index contributed by atoms with van der Waals surface area (Å²) >= 11 is 0. The van der Waals surface area contributed by atoms with E-state index < -0.39 is 0 Å². The van der Waals surface area contributed by atoms with Gasteiger partial charge in [-0.1, -0.05) is 18.2 Å². The van der Waals surface area contributed by atoms with Gasteiger partial charge in [-0.2, -0.15) is 0 Å². The molecule has 120 valence electrons. The van der Waals surface area contributed by atoms with Gasteiger partial charge >= 0.3 is 0 Å². The molecule has 0 aliphatic carbocycles. The minimum Gasteiger partial charge on any atom is -0.491 e. The second-order valence-electron chi connectivity index (χ2n) is 4.56. The van der Waals surface area contributed by atoms with Gasteiger partial charge in [0.1, 0.15) is 12.4 Å². The van der Waals surface area contributed by atoms with Gasteiger partial charge in [0.05, 0.1) is 19.8 Å². The van der Waals surface area contributed by atoms with E-state index in [2.05, 4.69) is 11.4 Å². The normalized spacial score (nSPS) is 10.8. The molecule has 0 aliphatic heterocycles. The highest BCUT2D eigenvalue weighted by molar-refractivity contribution is 5.33. The van der Waals surface area contributed by atoms with Crippen LogP contribution in [0.15, 0.2) is 24.3 Å². The first-order valence-electron chi connectivity index (χ1n) is 7.38. The van der Waals surface area contributed by atoms with Gasteiger partial charge in [-0.3, -0.25) is 0 Å². The average molecular weight is 297 g/mol. The van der Waals surface area contributed by atoms with E-state index in [1.165, 1.54) is 0 Å². The van der Waals surface area contributed by atoms with Crippen LogP contribution >= 0.6 is 0 Å². The van der Waals surface area contributed by atoms with Gasteiger partial charge in [0.15, 0.2) is 0 Å². The number of hydrogen-bond acceptors (Lipinski definition) is 5. The first kappa shape index (κ1) is 17.9. The van der Waals surface area contributed by atoms with Gasteiger partial charge in [0.25, 0.3) is 0 Å². The minimum absolute atomic E-state index is 0.546. The van der Waals surface area contributed by atoms with Crippen molar-refractivity contribution < 1.29 is 18.9 Å². The van der Waals surface area contributed by atoms with E-state index >= 15 is 0 Å². The van der Waals surface area contributed by atoms with Crippen LogP contribution in [-0.2, 0) is 20.8 Å². The second kappa shape index (κ2) is 12.6. The number of hydrogen-bond donors (Lipinski definition) is 1. The van der Waals surface area contributed by atoms with E-state index in [4.69, 9.17) is 18.9 Å². The largest absolute Gasteiger partial charge is 0.491 e. The van der Waals surface area contributed by atoms with Crippen LogP contribution in [0, 0.1) is 0 Å². The number of nitrogens with one attached hydrogen (secondary N) is 1. The van der Waals surface area contributed by atoms with Crippen molar-refractivity contribution in [1.29, 1.82) is 0 Å². The topological polar surface area (TPSA) is 49.0 Å². The summed E-state index contributed by atoms with van der Waals surface area (Å²) in [7, 11) is 3.62. The fourth-order valence-electron chi connectivity index (χ4n) is 1.82. The van der Waals surface area contributed by atoms with Crippen molar-refractivity contribution in [1.82, 2.24) is 5.32 Å². The maximum Gasteiger partial charge on any atom is 0.123 e. The van der Waals surface area contributed by atoms with Crippen LogP contribution in [0.25, 0.3) is 0 Å². The summed E-state index contributed by atoms with van der Waals surface area (Å²) in [6.45, 7) is 4.56. The lowest BCUT2D eigenvalue weighted by Gasteiger charge is -2.11. The van der Waals surface area contributed by atoms with Crippen molar-refractivity contribution in [2.75, 3.05) is 53.8 Å². The SMILES string of the molecule is CNCc1ccccc1OCCOCCOCCCOC. The zero-order chi connectivity index (χ0) is 15.2. The summed E-state index contributed by atoms with van der Waals surface area (Å²) in [5.41, 5.74) is 1.15. The standard InChI is InChI=1S/C16H27NO4/c1-17-14-15-6-3-4-7-16(15)21-13-12-20-11-10-19-9-5-8-18-2/h3-4,6-7,17H,5,8-14H2,1-2H3. The first-order valence-corrected chi connectivity index (χ1v) is 7.38. The Bertz CT molecular complexity index is 360. The molecule has 0 spiro atoms. The Morgan fingerprint density at radius 3 is 2.38 bits per heavy atom. The number of methoxy groups -OCH3 is 1.